The van der Waals surface area contributed by atoms with Crippen molar-refractivity contribution >= 4 is 29.0 Å². The normalized spacial score (nSPS) is 24.8. The van der Waals surface area contributed by atoms with E-state index >= 15 is 0 Å². The predicted octanol–water partition coefficient (Wildman–Crippen LogP) is 5.42. The van der Waals surface area contributed by atoms with Gasteiger partial charge in [-0.05, 0) is 68.4 Å². The van der Waals surface area contributed by atoms with Crippen molar-refractivity contribution in [3.8, 4) is 11.8 Å². The standard InChI is InChI=1S/C24H24N2OS/c1-2-3-12-26-21-11-10-18(25-20-14-16-8-9-17(20)13-16)15-23(21)28-22-7-5-4-6-19(22)24(26)27/h4-7,10-11,15-17,20,25H,8-9,12-14H2,1H3. The summed E-state index contributed by atoms with van der Waals surface area (Å²) in [5.74, 6) is 7.77. The Bertz CT molecular complexity index is 990. The molecule has 142 valence electrons. The lowest BCUT2D eigenvalue weighted by Crippen LogP contribution is -2.31. The van der Waals surface area contributed by atoms with E-state index in [0.29, 0.717) is 12.6 Å². The molecule has 0 saturated heterocycles. The van der Waals surface area contributed by atoms with Crippen LogP contribution in [0.25, 0.3) is 0 Å². The fourth-order valence-electron chi connectivity index (χ4n) is 4.96. The molecule has 28 heavy (non-hydrogen) atoms. The molecule has 1 N–H and O–H groups in total. The quantitative estimate of drug-likeness (QED) is 0.713. The van der Waals surface area contributed by atoms with Crippen LogP contribution in [0.3, 0.4) is 0 Å². The van der Waals surface area contributed by atoms with Gasteiger partial charge in [0.25, 0.3) is 5.91 Å². The molecule has 1 amide bonds. The fourth-order valence-corrected chi connectivity index (χ4v) is 6.08. The molecule has 0 radical (unpaired) electrons. The van der Waals surface area contributed by atoms with Gasteiger partial charge in [-0.15, -0.1) is 5.92 Å². The Kier molecular flexibility index (Phi) is 4.56. The number of anilines is 2. The largest absolute Gasteiger partial charge is 0.382 e. The fraction of sp³-hybridized carbons (Fsp3) is 0.375. The summed E-state index contributed by atoms with van der Waals surface area (Å²) < 4.78 is 0. The Labute approximate surface area is 170 Å². The highest BCUT2D eigenvalue weighted by molar-refractivity contribution is 7.99. The zero-order valence-electron chi connectivity index (χ0n) is 16.1. The van der Waals surface area contributed by atoms with Gasteiger partial charge in [0.1, 0.15) is 0 Å². The summed E-state index contributed by atoms with van der Waals surface area (Å²) in [7, 11) is 0. The van der Waals surface area contributed by atoms with E-state index in [-0.39, 0.29) is 5.91 Å². The monoisotopic (exact) mass is 388 g/mol. The molecule has 1 heterocycles. The SMILES string of the molecule is CC#CCN1C(=O)c2ccccc2Sc2cc(NC3CC4CCC3C4)ccc21. The molecule has 2 saturated carbocycles. The van der Waals surface area contributed by atoms with E-state index in [1.54, 1.807) is 11.8 Å². The van der Waals surface area contributed by atoms with Crippen LogP contribution in [0.1, 0.15) is 43.0 Å². The van der Waals surface area contributed by atoms with Crippen LogP contribution in [0.15, 0.2) is 52.3 Å². The maximum Gasteiger partial charge on any atom is 0.260 e. The summed E-state index contributed by atoms with van der Waals surface area (Å²) in [6.45, 7) is 2.23. The zero-order valence-corrected chi connectivity index (χ0v) is 16.9. The van der Waals surface area contributed by atoms with Crippen LogP contribution in [0.2, 0.25) is 0 Å². The third-order valence-electron chi connectivity index (χ3n) is 6.34. The minimum Gasteiger partial charge on any atom is -0.382 e. The molecule has 1 aliphatic heterocycles. The third-order valence-corrected chi connectivity index (χ3v) is 7.46. The number of benzene rings is 2. The van der Waals surface area contributed by atoms with Crippen molar-refractivity contribution in [2.24, 2.45) is 11.8 Å². The maximum absolute atomic E-state index is 13.2. The van der Waals surface area contributed by atoms with Gasteiger partial charge >= 0.3 is 0 Å². The van der Waals surface area contributed by atoms with Crippen LogP contribution in [-0.4, -0.2) is 18.5 Å². The van der Waals surface area contributed by atoms with E-state index in [0.717, 1.165) is 38.6 Å². The van der Waals surface area contributed by atoms with E-state index in [1.807, 2.05) is 36.1 Å². The molecule has 3 nitrogen and oxygen atoms in total. The van der Waals surface area contributed by atoms with E-state index in [4.69, 9.17) is 0 Å². The first-order valence-electron chi connectivity index (χ1n) is 10.1. The zero-order chi connectivity index (χ0) is 19.1. The minimum atomic E-state index is 0.0263. The smallest absolute Gasteiger partial charge is 0.260 e. The van der Waals surface area contributed by atoms with Crippen molar-refractivity contribution in [3.05, 3.63) is 48.0 Å². The first-order chi connectivity index (χ1) is 13.7. The van der Waals surface area contributed by atoms with Crippen LogP contribution in [0, 0.1) is 23.7 Å². The van der Waals surface area contributed by atoms with Gasteiger partial charge in [0, 0.05) is 21.5 Å². The minimum absolute atomic E-state index is 0.0263. The second-order valence-corrected chi connectivity index (χ2v) is 9.11. The first-order valence-corrected chi connectivity index (χ1v) is 10.9. The molecule has 3 atom stereocenters. The Morgan fingerprint density at radius 3 is 2.82 bits per heavy atom. The molecular formula is C24H24N2OS. The Balaban J connectivity index is 1.50. The van der Waals surface area contributed by atoms with E-state index in [1.165, 1.54) is 25.7 Å². The second-order valence-electron chi connectivity index (χ2n) is 8.02. The highest BCUT2D eigenvalue weighted by Gasteiger charge is 2.39. The van der Waals surface area contributed by atoms with Crippen LogP contribution in [-0.2, 0) is 0 Å². The molecule has 2 aromatic rings. The van der Waals surface area contributed by atoms with Crippen molar-refractivity contribution in [1.82, 2.24) is 0 Å². The van der Waals surface area contributed by atoms with Crippen LogP contribution in [0.5, 0.6) is 0 Å². The van der Waals surface area contributed by atoms with Crippen LogP contribution < -0.4 is 10.2 Å². The molecule has 3 aliphatic rings. The summed E-state index contributed by atoms with van der Waals surface area (Å²) in [4.78, 5) is 17.1. The van der Waals surface area contributed by atoms with Crippen LogP contribution in [0.4, 0.5) is 11.4 Å². The van der Waals surface area contributed by atoms with Gasteiger partial charge in [0.15, 0.2) is 0 Å². The number of amides is 1. The Morgan fingerprint density at radius 2 is 2.04 bits per heavy atom. The molecule has 4 heteroatoms. The molecule has 5 rings (SSSR count). The lowest BCUT2D eigenvalue weighted by Gasteiger charge is -2.25. The lowest BCUT2D eigenvalue weighted by molar-refractivity contribution is 0.0987. The summed E-state index contributed by atoms with van der Waals surface area (Å²) in [5.41, 5.74) is 2.87. The molecule has 3 unspecified atom stereocenters. The molecule has 2 aliphatic carbocycles. The highest BCUT2D eigenvalue weighted by atomic mass is 32.2. The van der Waals surface area contributed by atoms with E-state index in [2.05, 4.69) is 35.4 Å². The molecule has 2 fully saturated rings. The number of nitrogens with one attached hydrogen (secondary N) is 1. The number of hydrogen-bond acceptors (Lipinski definition) is 3. The molecule has 2 aromatic carbocycles. The Morgan fingerprint density at radius 1 is 1.14 bits per heavy atom. The number of nitrogens with zero attached hydrogens (tertiary/aromatic N) is 1. The van der Waals surface area contributed by atoms with Crippen molar-refractivity contribution < 1.29 is 4.79 Å². The lowest BCUT2D eigenvalue weighted by atomic mass is 9.95. The summed E-state index contributed by atoms with van der Waals surface area (Å²) in [6, 6.07) is 14.9. The van der Waals surface area contributed by atoms with Crippen molar-refractivity contribution in [1.29, 1.82) is 0 Å². The Hall–Kier alpha value is -2.38. The molecule has 2 bridgehead atoms. The average molecular weight is 389 g/mol. The second kappa shape index (κ2) is 7.22. The average Bonchev–Trinajstić information content (AvgIpc) is 3.30. The van der Waals surface area contributed by atoms with Gasteiger partial charge in [-0.1, -0.05) is 36.2 Å². The van der Waals surface area contributed by atoms with E-state index < -0.39 is 0 Å². The van der Waals surface area contributed by atoms with E-state index in [9.17, 15) is 4.79 Å². The molecule has 0 spiro atoms. The number of rotatable bonds is 3. The van der Waals surface area contributed by atoms with Crippen molar-refractivity contribution in [3.63, 3.8) is 0 Å². The van der Waals surface area contributed by atoms with Crippen LogP contribution >= 0.6 is 11.8 Å². The third kappa shape index (κ3) is 3.08. The first kappa shape index (κ1) is 17.7. The number of hydrogen-bond donors (Lipinski definition) is 1. The molecule has 0 aromatic heterocycles. The van der Waals surface area contributed by atoms with Gasteiger partial charge in [0.2, 0.25) is 0 Å². The molecular weight excluding hydrogens is 364 g/mol. The van der Waals surface area contributed by atoms with Gasteiger partial charge in [-0.2, -0.15) is 0 Å². The highest BCUT2D eigenvalue weighted by Crippen LogP contribution is 2.47. The van der Waals surface area contributed by atoms with Crippen molar-refractivity contribution in [2.75, 3.05) is 16.8 Å². The number of carbonyl (C=O) groups excluding carboxylic acids is 1. The van der Waals surface area contributed by atoms with Gasteiger partial charge in [-0.3, -0.25) is 9.69 Å². The maximum atomic E-state index is 13.2. The van der Waals surface area contributed by atoms with Gasteiger partial charge < -0.3 is 5.32 Å². The van der Waals surface area contributed by atoms with Gasteiger partial charge in [-0.25, -0.2) is 0 Å². The summed E-state index contributed by atoms with van der Waals surface area (Å²) >= 11 is 1.68. The van der Waals surface area contributed by atoms with Gasteiger partial charge in [0.05, 0.1) is 17.8 Å². The topological polar surface area (TPSA) is 32.3 Å². The predicted molar refractivity (Wildman–Crippen MR) is 115 cm³/mol. The number of carbonyl (C=O) groups is 1. The summed E-state index contributed by atoms with van der Waals surface area (Å²) in [5, 5.41) is 3.79. The summed E-state index contributed by atoms with van der Waals surface area (Å²) in [6.07, 6.45) is 5.47. The number of fused-ring (bicyclic) bond motifs is 4. The van der Waals surface area contributed by atoms with Crippen molar-refractivity contribution in [2.45, 2.75) is 48.4 Å².